The highest BCUT2D eigenvalue weighted by atomic mass is 16.4. The van der Waals surface area contributed by atoms with Crippen molar-refractivity contribution in [3.63, 3.8) is 0 Å². The summed E-state index contributed by atoms with van der Waals surface area (Å²) in [6.45, 7) is 0. The molecule has 1 atom stereocenters. The van der Waals surface area contributed by atoms with Gasteiger partial charge in [-0.25, -0.2) is 4.79 Å². The van der Waals surface area contributed by atoms with Crippen molar-refractivity contribution in [2.45, 2.75) is 25.3 Å². The number of nitrogens with two attached hydrogens (primary N) is 1. The Balaban J connectivity index is 2.46. The lowest BCUT2D eigenvalue weighted by molar-refractivity contribution is 0.0695. The van der Waals surface area contributed by atoms with Gasteiger partial charge in [0.05, 0.1) is 5.56 Å². The summed E-state index contributed by atoms with van der Waals surface area (Å²) in [4.78, 5) is 10.9. The van der Waals surface area contributed by atoms with Crippen LogP contribution in [0.2, 0.25) is 0 Å². The smallest absolute Gasteiger partial charge is 0.335 e. The van der Waals surface area contributed by atoms with E-state index >= 15 is 0 Å². The van der Waals surface area contributed by atoms with E-state index in [1.807, 2.05) is 6.07 Å². The maximum Gasteiger partial charge on any atom is 0.335 e. The van der Waals surface area contributed by atoms with Crippen molar-refractivity contribution < 1.29 is 9.90 Å². The minimum Gasteiger partial charge on any atom is -0.478 e. The number of aromatic carboxylic acids is 1. The van der Waals surface area contributed by atoms with Crippen LogP contribution in [-0.4, -0.2) is 17.1 Å². The van der Waals surface area contributed by atoms with Gasteiger partial charge in [0, 0.05) is 6.04 Å². The van der Waals surface area contributed by atoms with E-state index in [0.717, 1.165) is 30.4 Å². The molecule has 1 aliphatic rings. The van der Waals surface area contributed by atoms with Gasteiger partial charge in [-0.15, -0.1) is 0 Å². The molecule has 0 spiro atoms. The Morgan fingerprint density at radius 2 is 2.29 bits per heavy atom. The highest BCUT2D eigenvalue weighted by Crippen LogP contribution is 2.23. The second-order valence-corrected chi connectivity index (χ2v) is 3.75. The summed E-state index contributed by atoms with van der Waals surface area (Å²) in [6, 6.07) is 5.62. The summed E-state index contributed by atoms with van der Waals surface area (Å²) >= 11 is 0. The molecule has 0 saturated heterocycles. The summed E-state index contributed by atoms with van der Waals surface area (Å²) in [6.07, 6.45) is 2.48. The highest BCUT2D eigenvalue weighted by molar-refractivity contribution is 5.89. The number of fused-ring (bicyclic) bond motifs is 1. The Morgan fingerprint density at radius 3 is 3.00 bits per heavy atom. The number of carboxylic acid groups (broad SMARTS) is 1. The van der Waals surface area contributed by atoms with Crippen molar-refractivity contribution in [3.05, 3.63) is 34.9 Å². The van der Waals surface area contributed by atoms with E-state index in [-0.39, 0.29) is 6.04 Å². The normalized spacial score (nSPS) is 20.2. The number of benzene rings is 1. The standard InChI is InChI=1S/C11H13NO2/c12-8-4-5-9-7(6-8)2-1-3-10(9)11(13)14/h1-3,8H,4-6,12H2,(H,13,14)/t8-/m0/s1. The number of hydrogen-bond acceptors (Lipinski definition) is 2. The lowest BCUT2D eigenvalue weighted by Crippen LogP contribution is -2.28. The molecule has 0 saturated carbocycles. The molecule has 1 aromatic rings. The fraction of sp³-hybridized carbons (Fsp3) is 0.364. The van der Waals surface area contributed by atoms with Crippen LogP contribution in [0.5, 0.6) is 0 Å². The fourth-order valence-corrected chi connectivity index (χ4v) is 2.04. The number of carbonyl (C=O) groups is 1. The maximum atomic E-state index is 10.9. The quantitative estimate of drug-likeness (QED) is 0.701. The van der Waals surface area contributed by atoms with Crippen LogP contribution in [0.15, 0.2) is 18.2 Å². The molecular formula is C11H13NO2. The molecule has 0 amide bonds. The fourth-order valence-electron chi connectivity index (χ4n) is 2.04. The van der Waals surface area contributed by atoms with E-state index in [1.54, 1.807) is 12.1 Å². The van der Waals surface area contributed by atoms with Crippen LogP contribution in [0, 0.1) is 0 Å². The monoisotopic (exact) mass is 191 g/mol. The first-order chi connectivity index (χ1) is 6.68. The predicted molar refractivity (Wildman–Crippen MR) is 53.4 cm³/mol. The molecule has 2 rings (SSSR count). The van der Waals surface area contributed by atoms with E-state index in [9.17, 15) is 4.79 Å². The van der Waals surface area contributed by atoms with Crippen molar-refractivity contribution in [3.8, 4) is 0 Å². The van der Waals surface area contributed by atoms with Crippen LogP contribution < -0.4 is 5.73 Å². The first-order valence-electron chi connectivity index (χ1n) is 4.78. The topological polar surface area (TPSA) is 63.3 Å². The van der Waals surface area contributed by atoms with Gasteiger partial charge in [0.1, 0.15) is 0 Å². The van der Waals surface area contributed by atoms with Crippen molar-refractivity contribution >= 4 is 5.97 Å². The van der Waals surface area contributed by atoms with Crippen molar-refractivity contribution in [1.82, 2.24) is 0 Å². The van der Waals surface area contributed by atoms with Crippen LogP contribution in [-0.2, 0) is 12.8 Å². The summed E-state index contributed by atoms with van der Waals surface area (Å²) in [5.74, 6) is -0.836. The van der Waals surface area contributed by atoms with Crippen molar-refractivity contribution in [2.24, 2.45) is 5.73 Å². The van der Waals surface area contributed by atoms with E-state index < -0.39 is 5.97 Å². The van der Waals surface area contributed by atoms with E-state index in [2.05, 4.69) is 0 Å². The third-order valence-electron chi connectivity index (χ3n) is 2.75. The van der Waals surface area contributed by atoms with E-state index in [0.29, 0.717) is 5.56 Å². The third kappa shape index (κ3) is 1.51. The van der Waals surface area contributed by atoms with Crippen LogP contribution in [0.3, 0.4) is 0 Å². The molecule has 1 aromatic carbocycles. The summed E-state index contributed by atoms with van der Waals surface area (Å²) in [5.41, 5.74) is 8.34. The molecule has 3 N–H and O–H groups in total. The van der Waals surface area contributed by atoms with Gasteiger partial charge in [0.2, 0.25) is 0 Å². The Morgan fingerprint density at radius 1 is 1.50 bits per heavy atom. The molecule has 3 heteroatoms. The van der Waals surface area contributed by atoms with Crippen LogP contribution in [0.4, 0.5) is 0 Å². The third-order valence-corrected chi connectivity index (χ3v) is 2.75. The second-order valence-electron chi connectivity index (χ2n) is 3.75. The minimum atomic E-state index is -0.836. The van der Waals surface area contributed by atoms with Gasteiger partial charge in [-0.1, -0.05) is 12.1 Å². The molecular weight excluding hydrogens is 178 g/mol. The molecule has 14 heavy (non-hydrogen) atoms. The van der Waals surface area contributed by atoms with Gasteiger partial charge in [-0.2, -0.15) is 0 Å². The van der Waals surface area contributed by atoms with Crippen molar-refractivity contribution in [2.75, 3.05) is 0 Å². The zero-order chi connectivity index (χ0) is 10.1. The minimum absolute atomic E-state index is 0.187. The molecule has 0 bridgehead atoms. The van der Waals surface area contributed by atoms with Gasteiger partial charge >= 0.3 is 5.97 Å². The van der Waals surface area contributed by atoms with Crippen LogP contribution in [0.1, 0.15) is 27.9 Å². The van der Waals surface area contributed by atoms with E-state index in [4.69, 9.17) is 10.8 Å². The Hall–Kier alpha value is -1.35. The number of hydrogen-bond donors (Lipinski definition) is 2. The number of rotatable bonds is 1. The van der Waals surface area contributed by atoms with Gasteiger partial charge in [-0.3, -0.25) is 0 Å². The van der Waals surface area contributed by atoms with Gasteiger partial charge in [0.15, 0.2) is 0 Å². The number of carboxylic acids is 1. The first-order valence-corrected chi connectivity index (χ1v) is 4.78. The predicted octanol–water partition coefficient (Wildman–Crippen LogP) is 1.20. The maximum absolute atomic E-state index is 10.9. The molecule has 0 aromatic heterocycles. The molecule has 0 fully saturated rings. The average Bonchev–Trinajstić information content (AvgIpc) is 2.16. The summed E-state index contributed by atoms with van der Waals surface area (Å²) < 4.78 is 0. The van der Waals surface area contributed by atoms with Crippen molar-refractivity contribution in [1.29, 1.82) is 0 Å². The molecule has 1 aliphatic carbocycles. The molecule has 0 unspecified atom stereocenters. The Kier molecular flexibility index (Phi) is 2.25. The zero-order valence-corrected chi connectivity index (χ0v) is 7.86. The molecule has 74 valence electrons. The van der Waals surface area contributed by atoms with Crippen LogP contribution in [0.25, 0.3) is 0 Å². The van der Waals surface area contributed by atoms with E-state index in [1.165, 1.54) is 0 Å². The molecule has 0 heterocycles. The van der Waals surface area contributed by atoms with Crippen LogP contribution >= 0.6 is 0 Å². The average molecular weight is 191 g/mol. The lowest BCUT2D eigenvalue weighted by atomic mass is 9.86. The summed E-state index contributed by atoms with van der Waals surface area (Å²) in [5, 5.41) is 8.98. The molecule has 3 nitrogen and oxygen atoms in total. The first kappa shape index (κ1) is 9.21. The summed E-state index contributed by atoms with van der Waals surface area (Å²) in [7, 11) is 0. The molecule has 0 radical (unpaired) electrons. The van der Waals surface area contributed by atoms with Gasteiger partial charge in [-0.05, 0) is 36.5 Å². The molecule has 0 aliphatic heterocycles. The Bertz CT molecular complexity index is 374. The zero-order valence-electron chi connectivity index (χ0n) is 7.86. The SMILES string of the molecule is N[C@H]1CCc2c(cccc2C(=O)O)C1. The van der Waals surface area contributed by atoms with Gasteiger partial charge < -0.3 is 10.8 Å². The highest BCUT2D eigenvalue weighted by Gasteiger charge is 2.20. The largest absolute Gasteiger partial charge is 0.478 e. The lowest BCUT2D eigenvalue weighted by Gasteiger charge is -2.22. The Labute approximate surface area is 82.5 Å². The second kappa shape index (κ2) is 3.42. The van der Waals surface area contributed by atoms with Gasteiger partial charge in [0.25, 0.3) is 0 Å².